The molecule has 0 bridgehead atoms. The van der Waals surface area contributed by atoms with Crippen molar-refractivity contribution in [3.05, 3.63) is 41.3 Å². The normalized spacial score (nSPS) is 22.4. The summed E-state index contributed by atoms with van der Waals surface area (Å²) in [5, 5.41) is 1.26. The molecule has 5 heteroatoms. The van der Waals surface area contributed by atoms with Gasteiger partial charge in [-0.25, -0.2) is 8.42 Å². The molecule has 1 fully saturated rings. The van der Waals surface area contributed by atoms with Crippen molar-refractivity contribution < 1.29 is 8.42 Å². The number of piperidine rings is 1. The monoisotopic (exact) mass is 266 g/mol. The first kappa shape index (κ1) is 13.3. The van der Waals surface area contributed by atoms with Gasteiger partial charge in [0.25, 0.3) is 0 Å². The Morgan fingerprint density at radius 1 is 1.28 bits per heavy atom. The van der Waals surface area contributed by atoms with Crippen LogP contribution in [0.4, 0.5) is 0 Å². The second kappa shape index (κ2) is 5.65. The van der Waals surface area contributed by atoms with Gasteiger partial charge in [0, 0.05) is 24.5 Å². The molecule has 1 aliphatic heterocycles. The molecule has 1 heterocycles. The van der Waals surface area contributed by atoms with E-state index in [1.807, 2.05) is 30.3 Å². The van der Waals surface area contributed by atoms with Crippen LogP contribution in [0, 0.1) is 0 Å². The SMILES string of the molecule is N[C@@H]1CCCN(S(=O)(=O)/C=C/c2ccccc2)C1. The first-order valence-electron chi connectivity index (χ1n) is 6.07. The van der Waals surface area contributed by atoms with Crippen molar-refractivity contribution in [2.24, 2.45) is 5.73 Å². The summed E-state index contributed by atoms with van der Waals surface area (Å²) in [4.78, 5) is 0. The van der Waals surface area contributed by atoms with Gasteiger partial charge in [0.2, 0.25) is 10.0 Å². The van der Waals surface area contributed by atoms with Crippen LogP contribution in [0.3, 0.4) is 0 Å². The third-order valence-electron chi connectivity index (χ3n) is 3.01. The van der Waals surface area contributed by atoms with Gasteiger partial charge in [-0.05, 0) is 24.5 Å². The molecule has 4 nitrogen and oxygen atoms in total. The molecule has 2 N–H and O–H groups in total. The van der Waals surface area contributed by atoms with Gasteiger partial charge in [0.1, 0.15) is 0 Å². The van der Waals surface area contributed by atoms with Gasteiger partial charge in [-0.2, -0.15) is 4.31 Å². The molecule has 2 rings (SSSR count). The molecule has 0 unspecified atom stereocenters. The minimum absolute atomic E-state index is 0.0429. The van der Waals surface area contributed by atoms with Crippen LogP contribution in [-0.4, -0.2) is 31.9 Å². The van der Waals surface area contributed by atoms with E-state index in [2.05, 4.69) is 0 Å². The van der Waals surface area contributed by atoms with E-state index in [9.17, 15) is 8.42 Å². The molecular formula is C13H18N2O2S. The van der Waals surface area contributed by atoms with Crippen LogP contribution in [0.2, 0.25) is 0 Å². The molecule has 1 atom stereocenters. The molecule has 0 saturated carbocycles. The van der Waals surface area contributed by atoms with Crippen molar-refractivity contribution in [1.29, 1.82) is 0 Å². The molecule has 1 aromatic carbocycles. The van der Waals surface area contributed by atoms with E-state index in [1.54, 1.807) is 6.08 Å². The lowest BCUT2D eigenvalue weighted by Crippen LogP contribution is -2.44. The number of nitrogens with two attached hydrogens (primary N) is 1. The fraction of sp³-hybridized carbons (Fsp3) is 0.385. The highest BCUT2D eigenvalue weighted by Crippen LogP contribution is 2.14. The zero-order valence-electron chi connectivity index (χ0n) is 10.2. The third kappa shape index (κ3) is 3.41. The van der Waals surface area contributed by atoms with Crippen molar-refractivity contribution in [3.8, 4) is 0 Å². The van der Waals surface area contributed by atoms with Gasteiger partial charge in [0.15, 0.2) is 0 Å². The van der Waals surface area contributed by atoms with Crippen molar-refractivity contribution in [1.82, 2.24) is 4.31 Å². The lowest BCUT2D eigenvalue weighted by atomic mass is 10.1. The Balaban J connectivity index is 2.09. The first-order valence-corrected chi connectivity index (χ1v) is 7.57. The summed E-state index contributed by atoms with van der Waals surface area (Å²) in [6.45, 7) is 0.983. The van der Waals surface area contributed by atoms with Crippen LogP contribution in [0.1, 0.15) is 18.4 Å². The van der Waals surface area contributed by atoms with Crippen molar-refractivity contribution in [3.63, 3.8) is 0 Å². The quantitative estimate of drug-likeness (QED) is 0.899. The Labute approximate surface area is 108 Å². The summed E-state index contributed by atoms with van der Waals surface area (Å²) in [6, 6.07) is 9.35. The summed E-state index contributed by atoms with van der Waals surface area (Å²) in [5.74, 6) is 0. The molecule has 0 spiro atoms. The van der Waals surface area contributed by atoms with Crippen LogP contribution in [0.25, 0.3) is 6.08 Å². The number of nitrogens with zero attached hydrogens (tertiary/aromatic N) is 1. The second-order valence-electron chi connectivity index (χ2n) is 4.52. The summed E-state index contributed by atoms with van der Waals surface area (Å²) in [7, 11) is -3.34. The van der Waals surface area contributed by atoms with Gasteiger partial charge in [-0.3, -0.25) is 0 Å². The minimum Gasteiger partial charge on any atom is -0.327 e. The maximum Gasteiger partial charge on any atom is 0.236 e. The van der Waals surface area contributed by atoms with E-state index in [-0.39, 0.29) is 6.04 Å². The Hall–Kier alpha value is -1.17. The van der Waals surface area contributed by atoms with Gasteiger partial charge >= 0.3 is 0 Å². The molecule has 0 amide bonds. The molecule has 98 valence electrons. The third-order valence-corrected chi connectivity index (χ3v) is 4.54. The molecule has 0 aliphatic carbocycles. The highest BCUT2D eigenvalue weighted by Gasteiger charge is 2.25. The van der Waals surface area contributed by atoms with Crippen LogP contribution in [0.5, 0.6) is 0 Å². The largest absolute Gasteiger partial charge is 0.327 e. The second-order valence-corrected chi connectivity index (χ2v) is 6.34. The van der Waals surface area contributed by atoms with Crippen LogP contribution in [-0.2, 0) is 10.0 Å². The van der Waals surface area contributed by atoms with Crippen LogP contribution < -0.4 is 5.73 Å². The van der Waals surface area contributed by atoms with Gasteiger partial charge in [0.05, 0.1) is 0 Å². The average Bonchev–Trinajstić information content (AvgIpc) is 2.38. The topological polar surface area (TPSA) is 63.4 Å². The molecular weight excluding hydrogens is 248 g/mol. The Bertz CT molecular complexity index is 511. The molecule has 1 aliphatic rings. The minimum atomic E-state index is -3.34. The van der Waals surface area contributed by atoms with E-state index in [0.29, 0.717) is 13.1 Å². The average molecular weight is 266 g/mol. The van der Waals surface area contributed by atoms with Crippen molar-refractivity contribution in [2.75, 3.05) is 13.1 Å². The van der Waals surface area contributed by atoms with E-state index >= 15 is 0 Å². The summed E-state index contributed by atoms with van der Waals surface area (Å²) in [6.07, 6.45) is 3.35. The van der Waals surface area contributed by atoms with Gasteiger partial charge in [-0.15, -0.1) is 0 Å². The molecule has 1 saturated heterocycles. The Morgan fingerprint density at radius 3 is 2.67 bits per heavy atom. The highest BCUT2D eigenvalue weighted by molar-refractivity contribution is 7.92. The highest BCUT2D eigenvalue weighted by atomic mass is 32.2. The number of hydrogen-bond acceptors (Lipinski definition) is 3. The van der Waals surface area contributed by atoms with E-state index < -0.39 is 10.0 Å². The number of sulfonamides is 1. The zero-order chi connectivity index (χ0) is 13.0. The molecule has 1 aromatic rings. The number of rotatable bonds is 3. The van der Waals surface area contributed by atoms with E-state index in [0.717, 1.165) is 18.4 Å². The summed E-state index contributed by atoms with van der Waals surface area (Å²) >= 11 is 0. The summed E-state index contributed by atoms with van der Waals surface area (Å²) < 4.78 is 25.6. The van der Waals surface area contributed by atoms with Crippen LogP contribution in [0.15, 0.2) is 35.7 Å². The van der Waals surface area contributed by atoms with E-state index in [4.69, 9.17) is 5.73 Å². The number of hydrogen-bond donors (Lipinski definition) is 1. The lowest BCUT2D eigenvalue weighted by molar-refractivity contribution is 0.319. The molecule has 0 radical (unpaired) electrons. The smallest absolute Gasteiger partial charge is 0.236 e. The maximum atomic E-state index is 12.1. The van der Waals surface area contributed by atoms with Crippen LogP contribution >= 0.6 is 0 Å². The van der Waals surface area contributed by atoms with Crippen molar-refractivity contribution >= 4 is 16.1 Å². The zero-order valence-corrected chi connectivity index (χ0v) is 11.0. The molecule has 18 heavy (non-hydrogen) atoms. The fourth-order valence-corrected chi connectivity index (χ4v) is 3.30. The predicted molar refractivity (Wildman–Crippen MR) is 73.2 cm³/mol. The van der Waals surface area contributed by atoms with Crippen molar-refractivity contribution in [2.45, 2.75) is 18.9 Å². The molecule has 0 aromatic heterocycles. The standard InChI is InChI=1S/C13H18N2O2S/c14-13-7-4-9-15(11-13)18(16,17)10-8-12-5-2-1-3-6-12/h1-3,5-6,8,10,13H,4,7,9,11,14H2/b10-8+/t13-/m1/s1. The van der Waals surface area contributed by atoms with Gasteiger partial charge in [-0.1, -0.05) is 30.3 Å². The summed E-state index contributed by atoms with van der Waals surface area (Å²) in [5.41, 5.74) is 6.68. The maximum absolute atomic E-state index is 12.1. The first-order chi connectivity index (χ1) is 8.58. The lowest BCUT2D eigenvalue weighted by Gasteiger charge is -2.28. The Morgan fingerprint density at radius 2 is 2.00 bits per heavy atom. The fourth-order valence-electron chi connectivity index (χ4n) is 2.02. The van der Waals surface area contributed by atoms with E-state index in [1.165, 1.54) is 9.71 Å². The Kier molecular flexibility index (Phi) is 4.16. The number of benzene rings is 1. The predicted octanol–water partition coefficient (Wildman–Crippen LogP) is 1.41. The van der Waals surface area contributed by atoms with Gasteiger partial charge < -0.3 is 5.73 Å².